The third-order valence-electron chi connectivity index (χ3n) is 3.69. The Hall–Kier alpha value is -0.440. The molecule has 8 heteroatoms. The van der Waals surface area contributed by atoms with Crippen LogP contribution < -0.4 is 10.6 Å². The number of halogens is 4. The number of piperidine rings is 2. The molecule has 0 aromatic carbocycles. The number of nitrogens with one attached hydrogen (secondary N) is 2. The van der Waals surface area contributed by atoms with Crippen molar-refractivity contribution in [2.24, 2.45) is 11.8 Å². The van der Waals surface area contributed by atoms with Gasteiger partial charge < -0.3 is 20.8 Å². The van der Waals surface area contributed by atoms with Crippen LogP contribution in [-0.2, 0) is 0 Å². The van der Waals surface area contributed by atoms with Crippen molar-refractivity contribution in [3.63, 3.8) is 0 Å². The quantitative estimate of drug-likeness (QED) is 0.559. The monoisotopic (exact) mass is 302 g/mol. The molecule has 0 aromatic rings. The maximum Gasteiger partial charge on any atom is 0.255 e. The molecule has 2 fully saturated rings. The molecule has 0 aliphatic carbocycles. The molecule has 2 rings (SSSR count). The minimum Gasteiger partial charge on any atom is -0.396 e. The van der Waals surface area contributed by atoms with Crippen LogP contribution in [0.4, 0.5) is 17.6 Å². The molecule has 0 saturated carbocycles. The summed E-state index contributed by atoms with van der Waals surface area (Å²) >= 11 is 0. The number of hydrogen-bond donors (Lipinski definition) is 4. The van der Waals surface area contributed by atoms with Gasteiger partial charge in [-0.05, 0) is 0 Å². The zero-order valence-electron chi connectivity index (χ0n) is 11.2. The summed E-state index contributed by atoms with van der Waals surface area (Å²) in [5, 5.41) is 22.6. The fourth-order valence-electron chi connectivity index (χ4n) is 2.17. The van der Waals surface area contributed by atoms with Crippen molar-refractivity contribution in [2.45, 2.75) is 24.7 Å². The molecule has 20 heavy (non-hydrogen) atoms. The van der Waals surface area contributed by atoms with Gasteiger partial charge in [-0.1, -0.05) is 0 Å². The molecule has 2 atom stereocenters. The Bertz CT molecular complexity index is 265. The number of hydrogen-bond acceptors (Lipinski definition) is 4. The van der Waals surface area contributed by atoms with Crippen LogP contribution in [-0.4, -0.2) is 61.5 Å². The minimum atomic E-state index is -2.67. The number of alkyl halides is 4. The van der Waals surface area contributed by atoms with Gasteiger partial charge in [-0.2, -0.15) is 0 Å². The molecule has 0 amide bonds. The van der Waals surface area contributed by atoms with Gasteiger partial charge >= 0.3 is 0 Å². The highest BCUT2D eigenvalue weighted by Crippen LogP contribution is 2.30. The van der Waals surface area contributed by atoms with Crippen LogP contribution in [0, 0.1) is 11.8 Å². The summed E-state index contributed by atoms with van der Waals surface area (Å²) in [5.74, 6) is -7.11. The van der Waals surface area contributed by atoms with E-state index in [2.05, 4.69) is 10.6 Å². The van der Waals surface area contributed by atoms with Crippen molar-refractivity contribution in [1.29, 1.82) is 0 Å². The van der Waals surface area contributed by atoms with E-state index in [4.69, 9.17) is 10.2 Å². The van der Waals surface area contributed by atoms with Crippen molar-refractivity contribution in [1.82, 2.24) is 10.6 Å². The number of rotatable bonds is 2. The van der Waals surface area contributed by atoms with Crippen LogP contribution in [0.1, 0.15) is 12.8 Å². The highest BCUT2D eigenvalue weighted by atomic mass is 19.3. The summed E-state index contributed by atoms with van der Waals surface area (Å²) in [7, 11) is 0. The fraction of sp³-hybridized carbons (Fsp3) is 1.00. The number of aliphatic hydroxyl groups excluding tert-OH is 2. The van der Waals surface area contributed by atoms with Crippen molar-refractivity contribution in [3.8, 4) is 0 Å². The van der Waals surface area contributed by atoms with Gasteiger partial charge in [-0.15, -0.1) is 0 Å². The first-order valence-electron chi connectivity index (χ1n) is 6.72. The predicted molar refractivity (Wildman–Crippen MR) is 66.0 cm³/mol. The van der Waals surface area contributed by atoms with Gasteiger partial charge in [0.15, 0.2) is 0 Å². The van der Waals surface area contributed by atoms with Gasteiger partial charge in [0.25, 0.3) is 11.8 Å². The van der Waals surface area contributed by atoms with Gasteiger partial charge in [-0.25, -0.2) is 17.6 Å². The van der Waals surface area contributed by atoms with Crippen LogP contribution >= 0.6 is 0 Å². The first-order chi connectivity index (χ1) is 9.33. The summed E-state index contributed by atoms with van der Waals surface area (Å²) < 4.78 is 50.7. The lowest BCUT2D eigenvalue weighted by Crippen LogP contribution is -2.46. The Kier molecular flexibility index (Phi) is 6.63. The van der Waals surface area contributed by atoms with Crippen molar-refractivity contribution in [3.05, 3.63) is 0 Å². The molecule has 0 radical (unpaired) electrons. The molecular formula is C12H22F4N2O2. The smallest absolute Gasteiger partial charge is 0.255 e. The van der Waals surface area contributed by atoms with Crippen molar-refractivity contribution >= 4 is 0 Å². The van der Waals surface area contributed by atoms with E-state index in [-0.39, 0.29) is 25.9 Å². The molecule has 4 N–H and O–H groups in total. The lowest BCUT2D eigenvalue weighted by molar-refractivity contribution is -0.0942. The summed E-state index contributed by atoms with van der Waals surface area (Å²) in [4.78, 5) is 0. The first-order valence-corrected chi connectivity index (χ1v) is 6.72. The molecule has 2 aliphatic rings. The van der Waals surface area contributed by atoms with Gasteiger partial charge in [0.05, 0.1) is 25.0 Å². The minimum absolute atomic E-state index is 0.155. The summed E-state index contributed by atoms with van der Waals surface area (Å²) in [6.07, 6.45) is -0.309. The van der Waals surface area contributed by atoms with E-state index in [0.717, 1.165) is 0 Å². The highest BCUT2D eigenvalue weighted by Gasteiger charge is 2.41. The second kappa shape index (κ2) is 7.53. The molecule has 4 nitrogen and oxygen atoms in total. The van der Waals surface area contributed by atoms with Gasteiger partial charge in [-0.3, -0.25) is 0 Å². The van der Waals surface area contributed by atoms with E-state index in [1.807, 2.05) is 0 Å². The normalized spacial score (nSPS) is 32.1. The molecule has 0 aromatic heterocycles. The molecule has 0 bridgehead atoms. The molecule has 2 heterocycles. The maximum atomic E-state index is 12.7. The lowest BCUT2D eigenvalue weighted by atomic mass is 9.96. The van der Waals surface area contributed by atoms with E-state index in [0.29, 0.717) is 13.1 Å². The Labute approximate surface area is 115 Å². The van der Waals surface area contributed by atoms with Gasteiger partial charge in [0.1, 0.15) is 0 Å². The topological polar surface area (TPSA) is 64.5 Å². The third-order valence-corrected chi connectivity index (χ3v) is 3.69. The van der Waals surface area contributed by atoms with Crippen LogP contribution in [0.5, 0.6) is 0 Å². The Morgan fingerprint density at radius 1 is 0.800 bits per heavy atom. The third kappa shape index (κ3) is 4.83. The van der Waals surface area contributed by atoms with Crippen molar-refractivity contribution < 1.29 is 27.8 Å². The summed E-state index contributed by atoms with van der Waals surface area (Å²) in [5.41, 5.74) is 0. The number of aliphatic hydroxyl groups is 2. The van der Waals surface area contributed by atoms with Crippen LogP contribution in [0.2, 0.25) is 0 Å². The molecule has 2 saturated heterocycles. The van der Waals surface area contributed by atoms with Gasteiger partial charge in [0.2, 0.25) is 0 Å². The standard InChI is InChI=1S/2C6H11F2NO/c2*7-6(8)1-2-9-3-5(6)4-10/h2*5,9-10H,1-4H2/t2*5-/m10/s1. The highest BCUT2D eigenvalue weighted by molar-refractivity contribution is 4.84. The summed E-state index contributed by atoms with van der Waals surface area (Å²) in [6, 6.07) is 0. The fourth-order valence-corrected chi connectivity index (χ4v) is 2.17. The molecule has 0 spiro atoms. The molecular weight excluding hydrogens is 280 g/mol. The lowest BCUT2D eigenvalue weighted by Gasteiger charge is -2.30. The van der Waals surface area contributed by atoms with E-state index < -0.39 is 36.9 Å². The summed E-state index contributed by atoms with van der Waals surface area (Å²) in [6.45, 7) is 0.292. The van der Waals surface area contributed by atoms with Crippen molar-refractivity contribution in [2.75, 3.05) is 39.4 Å². The maximum absolute atomic E-state index is 12.7. The first kappa shape index (κ1) is 17.6. The molecule has 120 valence electrons. The molecule has 0 unspecified atom stereocenters. The van der Waals surface area contributed by atoms with E-state index in [1.54, 1.807) is 0 Å². The second-order valence-electron chi connectivity index (χ2n) is 5.19. The average Bonchev–Trinajstić information content (AvgIpc) is 2.38. The van der Waals surface area contributed by atoms with Gasteiger partial charge in [0, 0.05) is 39.0 Å². The van der Waals surface area contributed by atoms with Crippen LogP contribution in [0.15, 0.2) is 0 Å². The Morgan fingerprint density at radius 3 is 1.35 bits per heavy atom. The Balaban J connectivity index is 0.000000200. The predicted octanol–water partition coefficient (Wildman–Crippen LogP) is 0.447. The average molecular weight is 302 g/mol. The van der Waals surface area contributed by atoms with E-state index >= 15 is 0 Å². The van der Waals surface area contributed by atoms with E-state index in [1.165, 1.54) is 0 Å². The second-order valence-corrected chi connectivity index (χ2v) is 5.19. The largest absolute Gasteiger partial charge is 0.396 e. The van der Waals surface area contributed by atoms with Crippen LogP contribution in [0.25, 0.3) is 0 Å². The zero-order chi connectivity index (χ0) is 15.2. The zero-order valence-corrected chi connectivity index (χ0v) is 11.2. The van der Waals surface area contributed by atoms with E-state index in [9.17, 15) is 17.6 Å². The molecule has 2 aliphatic heterocycles. The SMILES string of the molecule is OC[C@@H]1CNCCC1(F)F.OC[C@H]1CNCCC1(F)F. The van der Waals surface area contributed by atoms with Crippen LogP contribution in [0.3, 0.4) is 0 Å². The Morgan fingerprint density at radius 2 is 1.15 bits per heavy atom.